The van der Waals surface area contributed by atoms with Gasteiger partial charge in [0.25, 0.3) is 0 Å². The van der Waals surface area contributed by atoms with E-state index in [1.807, 2.05) is 24.3 Å². The highest BCUT2D eigenvalue weighted by Gasteiger charge is 2.55. The Bertz CT molecular complexity index is 467. The van der Waals surface area contributed by atoms with Crippen LogP contribution in [0.5, 0.6) is 0 Å². The summed E-state index contributed by atoms with van der Waals surface area (Å²) < 4.78 is 5.88. The maximum absolute atomic E-state index is 10.6. The van der Waals surface area contributed by atoms with Crippen molar-refractivity contribution in [2.75, 3.05) is 6.61 Å². The quantitative estimate of drug-likeness (QED) is 0.873. The molecule has 0 saturated carbocycles. The van der Waals surface area contributed by atoms with Crippen molar-refractivity contribution >= 4 is 6.08 Å². The number of rotatable bonds is 4. The molecule has 0 spiro atoms. The molecule has 2 bridgehead atoms. The topological polar surface area (TPSA) is 49.7 Å². The molecule has 3 rings (SSSR count). The largest absolute Gasteiger partial charge is 0.393 e. The second-order valence-corrected chi connectivity index (χ2v) is 5.66. The number of benzene rings is 1. The van der Waals surface area contributed by atoms with Gasteiger partial charge in [-0.2, -0.15) is 0 Å². The van der Waals surface area contributed by atoms with Gasteiger partial charge in [0.15, 0.2) is 0 Å². The third-order valence-electron chi connectivity index (χ3n) is 4.65. The van der Waals surface area contributed by atoms with Gasteiger partial charge in [0.2, 0.25) is 0 Å². The molecule has 4 unspecified atom stereocenters. The third-order valence-corrected chi connectivity index (χ3v) is 4.65. The summed E-state index contributed by atoms with van der Waals surface area (Å²) in [6.07, 6.45) is 4.10. The first-order valence-corrected chi connectivity index (χ1v) is 6.88. The fraction of sp³-hybridized carbons (Fsp3) is 0.500. The monoisotopic (exact) mass is 260 g/mol. The fourth-order valence-corrected chi connectivity index (χ4v) is 3.50. The van der Waals surface area contributed by atoms with Gasteiger partial charge in [0.05, 0.1) is 24.4 Å². The number of aliphatic hydroxyl groups is 2. The van der Waals surface area contributed by atoms with Crippen LogP contribution in [0.2, 0.25) is 0 Å². The lowest BCUT2D eigenvalue weighted by molar-refractivity contribution is -0.0770. The van der Waals surface area contributed by atoms with Crippen molar-refractivity contribution in [1.82, 2.24) is 0 Å². The predicted octanol–water partition coefficient (Wildman–Crippen LogP) is 2.29. The minimum absolute atomic E-state index is 0.00400. The second kappa shape index (κ2) is 4.75. The van der Waals surface area contributed by atoms with Crippen molar-refractivity contribution < 1.29 is 14.9 Å². The Morgan fingerprint density at radius 1 is 1.42 bits per heavy atom. The smallest absolute Gasteiger partial charge is 0.0973 e. The van der Waals surface area contributed by atoms with E-state index < -0.39 is 11.7 Å². The standard InChI is InChI=1S/C16H20O3/c1-2-11-3-5-12(6-4-11)15(18)14-9-13-7-8-16(14,10-17)19-13/h2-6,13-15,17-18H,1,7-10H2. The van der Waals surface area contributed by atoms with Crippen LogP contribution in [0.4, 0.5) is 0 Å². The summed E-state index contributed by atoms with van der Waals surface area (Å²) in [6.45, 7) is 3.72. The molecule has 2 aliphatic rings. The zero-order chi connectivity index (χ0) is 13.5. The van der Waals surface area contributed by atoms with Gasteiger partial charge in [-0.1, -0.05) is 36.9 Å². The zero-order valence-electron chi connectivity index (χ0n) is 11.0. The molecule has 4 atom stereocenters. The van der Waals surface area contributed by atoms with E-state index in [0.29, 0.717) is 0 Å². The molecule has 0 aromatic heterocycles. The van der Waals surface area contributed by atoms with Crippen molar-refractivity contribution in [3.05, 3.63) is 42.0 Å². The number of aliphatic hydroxyl groups excluding tert-OH is 2. The van der Waals surface area contributed by atoms with Crippen molar-refractivity contribution in [2.24, 2.45) is 5.92 Å². The van der Waals surface area contributed by atoms with Crippen LogP contribution in [0.25, 0.3) is 6.08 Å². The van der Waals surface area contributed by atoms with Crippen molar-refractivity contribution in [1.29, 1.82) is 0 Å². The normalized spacial score (nSPS) is 34.4. The molecule has 3 nitrogen and oxygen atoms in total. The Labute approximate surface area is 113 Å². The number of hydrogen-bond acceptors (Lipinski definition) is 3. The highest BCUT2D eigenvalue weighted by Crippen LogP contribution is 2.52. The summed E-state index contributed by atoms with van der Waals surface area (Å²) in [5, 5.41) is 20.2. The molecular weight excluding hydrogens is 240 g/mol. The lowest BCUT2D eigenvalue weighted by Crippen LogP contribution is -2.41. The maximum Gasteiger partial charge on any atom is 0.0973 e. The SMILES string of the molecule is C=Cc1ccc(C(O)C2CC3CCC2(CO)O3)cc1. The van der Waals surface area contributed by atoms with Crippen LogP contribution in [0, 0.1) is 5.92 Å². The Hall–Kier alpha value is -1.16. The molecule has 0 aliphatic carbocycles. The second-order valence-electron chi connectivity index (χ2n) is 5.66. The highest BCUT2D eigenvalue weighted by molar-refractivity contribution is 5.47. The molecule has 1 aromatic rings. The van der Waals surface area contributed by atoms with Crippen molar-refractivity contribution in [2.45, 2.75) is 37.1 Å². The van der Waals surface area contributed by atoms with Gasteiger partial charge >= 0.3 is 0 Å². The van der Waals surface area contributed by atoms with Crippen molar-refractivity contribution in [3.8, 4) is 0 Å². The molecule has 19 heavy (non-hydrogen) atoms. The van der Waals surface area contributed by atoms with Gasteiger partial charge < -0.3 is 14.9 Å². The van der Waals surface area contributed by atoms with E-state index >= 15 is 0 Å². The van der Waals surface area contributed by atoms with Crippen LogP contribution < -0.4 is 0 Å². The van der Waals surface area contributed by atoms with Crippen LogP contribution in [-0.4, -0.2) is 28.5 Å². The molecule has 2 heterocycles. The van der Waals surface area contributed by atoms with E-state index in [1.165, 1.54) is 0 Å². The molecule has 2 aliphatic heterocycles. The molecule has 2 N–H and O–H groups in total. The van der Waals surface area contributed by atoms with Gasteiger partial charge in [0.1, 0.15) is 0 Å². The maximum atomic E-state index is 10.6. The number of fused-ring (bicyclic) bond motifs is 2. The minimum Gasteiger partial charge on any atom is -0.393 e. The summed E-state index contributed by atoms with van der Waals surface area (Å²) in [4.78, 5) is 0. The molecule has 102 valence electrons. The molecule has 2 fully saturated rings. The van der Waals surface area contributed by atoms with E-state index in [9.17, 15) is 10.2 Å². The van der Waals surface area contributed by atoms with Crippen LogP contribution in [0.1, 0.15) is 36.5 Å². The highest BCUT2D eigenvalue weighted by atomic mass is 16.5. The summed E-state index contributed by atoms with van der Waals surface area (Å²) in [7, 11) is 0. The molecule has 1 aromatic carbocycles. The summed E-state index contributed by atoms with van der Waals surface area (Å²) in [5.41, 5.74) is 1.40. The summed E-state index contributed by atoms with van der Waals surface area (Å²) in [5.74, 6) is -0.00849. The lowest BCUT2D eigenvalue weighted by Gasteiger charge is -2.34. The molecule has 0 amide bonds. The van der Waals surface area contributed by atoms with Crippen LogP contribution in [0.15, 0.2) is 30.8 Å². The van der Waals surface area contributed by atoms with Gasteiger partial charge in [-0.25, -0.2) is 0 Å². The van der Waals surface area contributed by atoms with Crippen LogP contribution in [0.3, 0.4) is 0 Å². The van der Waals surface area contributed by atoms with Gasteiger partial charge in [0, 0.05) is 5.92 Å². The van der Waals surface area contributed by atoms with E-state index in [-0.39, 0.29) is 18.6 Å². The Kier molecular flexibility index (Phi) is 3.21. The summed E-state index contributed by atoms with van der Waals surface area (Å²) in [6, 6.07) is 7.76. The number of hydrogen-bond donors (Lipinski definition) is 2. The molecule has 2 saturated heterocycles. The number of ether oxygens (including phenoxy) is 1. The van der Waals surface area contributed by atoms with Crippen LogP contribution in [-0.2, 0) is 4.74 Å². The average molecular weight is 260 g/mol. The first-order chi connectivity index (χ1) is 9.18. The third kappa shape index (κ3) is 2.02. The molecule has 3 heteroatoms. The first-order valence-electron chi connectivity index (χ1n) is 6.88. The van der Waals surface area contributed by atoms with E-state index in [1.54, 1.807) is 6.08 Å². The van der Waals surface area contributed by atoms with Gasteiger partial charge in [-0.05, 0) is 30.4 Å². The Morgan fingerprint density at radius 2 is 2.16 bits per heavy atom. The van der Waals surface area contributed by atoms with E-state index in [0.717, 1.165) is 30.4 Å². The molecular formula is C16H20O3. The predicted molar refractivity (Wildman–Crippen MR) is 73.5 cm³/mol. The van der Waals surface area contributed by atoms with E-state index in [4.69, 9.17) is 4.74 Å². The van der Waals surface area contributed by atoms with E-state index in [2.05, 4.69) is 6.58 Å². The average Bonchev–Trinajstić information content (AvgIpc) is 3.05. The fourth-order valence-electron chi connectivity index (χ4n) is 3.50. The van der Waals surface area contributed by atoms with Gasteiger partial charge in [-0.15, -0.1) is 0 Å². The minimum atomic E-state index is -0.573. The lowest BCUT2D eigenvalue weighted by atomic mass is 9.74. The zero-order valence-corrected chi connectivity index (χ0v) is 11.0. The Morgan fingerprint density at radius 3 is 2.74 bits per heavy atom. The van der Waals surface area contributed by atoms with Crippen LogP contribution >= 0.6 is 0 Å². The first kappa shape index (κ1) is 12.9. The Balaban J connectivity index is 1.83. The molecule has 0 radical (unpaired) electrons. The summed E-state index contributed by atoms with van der Waals surface area (Å²) >= 11 is 0. The van der Waals surface area contributed by atoms with Crippen molar-refractivity contribution in [3.63, 3.8) is 0 Å². The van der Waals surface area contributed by atoms with Gasteiger partial charge in [-0.3, -0.25) is 0 Å².